The van der Waals surface area contributed by atoms with E-state index in [-0.39, 0.29) is 5.41 Å². The molecule has 1 aliphatic heterocycles. The normalized spacial score (nSPS) is 19.8. The SMILES string of the molecule is CC(C)NCC(C)(CN1CCCC1)c1ccccc1. The summed E-state index contributed by atoms with van der Waals surface area (Å²) in [6.07, 6.45) is 2.73. The first kappa shape index (κ1) is 14.5. The lowest BCUT2D eigenvalue weighted by Crippen LogP contribution is -2.46. The summed E-state index contributed by atoms with van der Waals surface area (Å²) < 4.78 is 0. The van der Waals surface area contributed by atoms with Gasteiger partial charge in [-0.05, 0) is 31.5 Å². The van der Waals surface area contributed by atoms with E-state index >= 15 is 0 Å². The summed E-state index contributed by atoms with van der Waals surface area (Å²) in [6, 6.07) is 11.5. The molecule has 1 heterocycles. The van der Waals surface area contributed by atoms with Crippen molar-refractivity contribution in [3.63, 3.8) is 0 Å². The fourth-order valence-corrected chi connectivity index (χ4v) is 2.95. The molecule has 1 unspecified atom stereocenters. The predicted molar refractivity (Wildman–Crippen MR) is 82.6 cm³/mol. The molecule has 0 spiro atoms. The van der Waals surface area contributed by atoms with Gasteiger partial charge in [-0.15, -0.1) is 0 Å². The Labute approximate surface area is 118 Å². The highest BCUT2D eigenvalue weighted by Gasteiger charge is 2.30. The van der Waals surface area contributed by atoms with Gasteiger partial charge in [0.1, 0.15) is 0 Å². The molecule has 2 heteroatoms. The highest BCUT2D eigenvalue weighted by molar-refractivity contribution is 5.25. The Morgan fingerprint density at radius 2 is 1.79 bits per heavy atom. The second kappa shape index (κ2) is 6.53. The Bertz CT molecular complexity index is 368. The number of benzene rings is 1. The maximum Gasteiger partial charge on any atom is 0.0177 e. The van der Waals surface area contributed by atoms with Crippen molar-refractivity contribution in [3.8, 4) is 0 Å². The molecule has 1 aliphatic rings. The van der Waals surface area contributed by atoms with Crippen molar-refractivity contribution in [1.82, 2.24) is 10.2 Å². The highest BCUT2D eigenvalue weighted by atomic mass is 15.1. The average Bonchev–Trinajstić information content (AvgIpc) is 2.90. The number of hydrogen-bond donors (Lipinski definition) is 1. The number of rotatable bonds is 6. The Morgan fingerprint density at radius 1 is 1.16 bits per heavy atom. The van der Waals surface area contributed by atoms with E-state index in [1.54, 1.807) is 0 Å². The van der Waals surface area contributed by atoms with Crippen molar-refractivity contribution in [1.29, 1.82) is 0 Å². The quantitative estimate of drug-likeness (QED) is 0.846. The lowest BCUT2D eigenvalue weighted by molar-refractivity contribution is 0.247. The fraction of sp³-hybridized carbons (Fsp3) is 0.647. The smallest absolute Gasteiger partial charge is 0.0177 e. The molecular weight excluding hydrogens is 232 g/mol. The summed E-state index contributed by atoms with van der Waals surface area (Å²) in [5.74, 6) is 0. The molecule has 0 bridgehead atoms. The zero-order valence-corrected chi connectivity index (χ0v) is 12.7. The molecule has 1 N–H and O–H groups in total. The van der Waals surface area contributed by atoms with E-state index in [9.17, 15) is 0 Å². The van der Waals surface area contributed by atoms with Crippen LogP contribution in [0.15, 0.2) is 30.3 Å². The minimum atomic E-state index is 0.204. The monoisotopic (exact) mass is 260 g/mol. The highest BCUT2D eigenvalue weighted by Crippen LogP contribution is 2.26. The lowest BCUT2D eigenvalue weighted by Gasteiger charge is -2.35. The van der Waals surface area contributed by atoms with Crippen LogP contribution in [-0.2, 0) is 5.41 Å². The number of likely N-dealkylation sites (tertiary alicyclic amines) is 1. The Morgan fingerprint density at radius 3 is 2.37 bits per heavy atom. The van der Waals surface area contributed by atoms with Gasteiger partial charge in [-0.2, -0.15) is 0 Å². The molecule has 19 heavy (non-hydrogen) atoms. The first-order valence-corrected chi connectivity index (χ1v) is 7.61. The van der Waals surface area contributed by atoms with Gasteiger partial charge in [0.15, 0.2) is 0 Å². The summed E-state index contributed by atoms with van der Waals surface area (Å²) in [5.41, 5.74) is 1.66. The molecule has 1 aromatic rings. The molecule has 1 atom stereocenters. The molecule has 0 saturated carbocycles. The second-order valence-electron chi connectivity index (χ2n) is 6.45. The Balaban J connectivity index is 2.11. The van der Waals surface area contributed by atoms with Gasteiger partial charge >= 0.3 is 0 Å². The van der Waals surface area contributed by atoms with E-state index < -0.39 is 0 Å². The van der Waals surface area contributed by atoms with Gasteiger partial charge in [0.2, 0.25) is 0 Å². The minimum Gasteiger partial charge on any atom is -0.314 e. The maximum absolute atomic E-state index is 3.63. The van der Waals surface area contributed by atoms with Gasteiger partial charge in [0.05, 0.1) is 0 Å². The number of hydrogen-bond acceptors (Lipinski definition) is 2. The molecule has 1 aromatic carbocycles. The second-order valence-corrected chi connectivity index (χ2v) is 6.45. The molecule has 1 fully saturated rings. The van der Waals surface area contributed by atoms with Gasteiger partial charge in [-0.1, -0.05) is 51.1 Å². The first-order chi connectivity index (χ1) is 9.10. The summed E-state index contributed by atoms with van der Waals surface area (Å²) in [5, 5.41) is 3.63. The summed E-state index contributed by atoms with van der Waals surface area (Å²) >= 11 is 0. The Kier molecular flexibility index (Phi) is 5.00. The molecule has 0 amide bonds. The van der Waals surface area contributed by atoms with Crippen molar-refractivity contribution in [2.75, 3.05) is 26.2 Å². The molecule has 1 saturated heterocycles. The first-order valence-electron chi connectivity index (χ1n) is 7.61. The standard InChI is InChI=1S/C17H28N2/c1-15(2)18-13-17(3,14-19-11-7-8-12-19)16-9-5-4-6-10-16/h4-6,9-10,15,18H,7-8,11-14H2,1-3H3. The van der Waals surface area contributed by atoms with Crippen molar-refractivity contribution in [3.05, 3.63) is 35.9 Å². The van der Waals surface area contributed by atoms with Crippen LogP contribution >= 0.6 is 0 Å². The maximum atomic E-state index is 3.63. The van der Waals surface area contributed by atoms with Crippen LogP contribution < -0.4 is 5.32 Å². The van der Waals surface area contributed by atoms with E-state index in [0.29, 0.717) is 6.04 Å². The van der Waals surface area contributed by atoms with Crippen LogP contribution in [0.2, 0.25) is 0 Å². The zero-order chi connectivity index (χ0) is 13.7. The van der Waals surface area contributed by atoms with Gasteiger partial charge in [0.25, 0.3) is 0 Å². The van der Waals surface area contributed by atoms with Crippen LogP contribution in [0.5, 0.6) is 0 Å². The summed E-state index contributed by atoms with van der Waals surface area (Å²) in [6.45, 7) is 11.6. The largest absolute Gasteiger partial charge is 0.314 e. The van der Waals surface area contributed by atoms with Gasteiger partial charge in [-0.3, -0.25) is 0 Å². The van der Waals surface area contributed by atoms with Crippen LogP contribution in [-0.4, -0.2) is 37.1 Å². The van der Waals surface area contributed by atoms with E-state index in [0.717, 1.165) is 13.1 Å². The molecule has 0 radical (unpaired) electrons. The van der Waals surface area contributed by atoms with Gasteiger partial charge in [0, 0.05) is 24.5 Å². The fourth-order valence-electron chi connectivity index (χ4n) is 2.95. The summed E-state index contributed by atoms with van der Waals surface area (Å²) in [4.78, 5) is 2.62. The minimum absolute atomic E-state index is 0.204. The van der Waals surface area contributed by atoms with Crippen molar-refractivity contribution in [2.45, 2.75) is 45.1 Å². The van der Waals surface area contributed by atoms with Crippen LogP contribution in [0.1, 0.15) is 39.2 Å². The van der Waals surface area contributed by atoms with E-state index in [2.05, 4.69) is 61.3 Å². The van der Waals surface area contributed by atoms with Crippen LogP contribution in [0.25, 0.3) is 0 Å². The Hall–Kier alpha value is -0.860. The third-order valence-corrected chi connectivity index (χ3v) is 4.14. The third kappa shape index (κ3) is 4.05. The topological polar surface area (TPSA) is 15.3 Å². The summed E-state index contributed by atoms with van der Waals surface area (Å²) in [7, 11) is 0. The molecule has 106 valence electrons. The van der Waals surface area contributed by atoms with E-state index in [1.165, 1.54) is 31.5 Å². The predicted octanol–water partition coefficient (Wildman–Crippen LogP) is 3.04. The molecule has 0 aliphatic carbocycles. The van der Waals surface area contributed by atoms with Gasteiger partial charge in [-0.25, -0.2) is 0 Å². The molecule has 2 nitrogen and oxygen atoms in total. The van der Waals surface area contributed by atoms with E-state index in [4.69, 9.17) is 0 Å². The number of nitrogens with one attached hydrogen (secondary N) is 1. The van der Waals surface area contributed by atoms with Crippen molar-refractivity contribution in [2.24, 2.45) is 0 Å². The van der Waals surface area contributed by atoms with E-state index in [1.807, 2.05) is 0 Å². The molecular formula is C17H28N2. The zero-order valence-electron chi connectivity index (χ0n) is 12.7. The van der Waals surface area contributed by atoms with Crippen LogP contribution in [0, 0.1) is 0 Å². The lowest BCUT2D eigenvalue weighted by atomic mass is 9.81. The van der Waals surface area contributed by atoms with Crippen molar-refractivity contribution < 1.29 is 0 Å². The molecule has 2 rings (SSSR count). The van der Waals surface area contributed by atoms with Gasteiger partial charge < -0.3 is 10.2 Å². The van der Waals surface area contributed by atoms with Crippen LogP contribution in [0.3, 0.4) is 0 Å². The van der Waals surface area contributed by atoms with Crippen molar-refractivity contribution >= 4 is 0 Å². The van der Waals surface area contributed by atoms with Crippen LogP contribution in [0.4, 0.5) is 0 Å². The molecule has 0 aromatic heterocycles. The third-order valence-electron chi connectivity index (χ3n) is 4.14. The average molecular weight is 260 g/mol. The number of nitrogens with zero attached hydrogens (tertiary/aromatic N) is 1.